The second-order valence-corrected chi connectivity index (χ2v) is 7.07. The smallest absolute Gasteiger partial charge is 0.147 e. The summed E-state index contributed by atoms with van der Waals surface area (Å²) in [5, 5.41) is 2.61. The highest BCUT2D eigenvalue weighted by atomic mass is 32.2. The lowest BCUT2D eigenvalue weighted by atomic mass is 10.1. The molecule has 23 heavy (non-hydrogen) atoms. The number of pyridine rings is 1. The van der Waals surface area contributed by atoms with Crippen molar-refractivity contribution < 1.29 is 0 Å². The molecule has 0 saturated heterocycles. The van der Waals surface area contributed by atoms with E-state index in [4.69, 9.17) is 0 Å². The van der Waals surface area contributed by atoms with E-state index < -0.39 is 0 Å². The minimum atomic E-state index is 0.933. The Bertz CT molecular complexity index is 860. The molecule has 0 N–H and O–H groups in total. The van der Waals surface area contributed by atoms with Crippen LogP contribution >= 0.6 is 11.8 Å². The maximum absolute atomic E-state index is 4.64. The summed E-state index contributed by atoms with van der Waals surface area (Å²) >= 11 is 1.83. The molecule has 1 aromatic heterocycles. The Kier molecular flexibility index (Phi) is 3.71. The maximum Gasteiger partial charge on any atom is 0.147 e. The van der Waals surface area contributed by atoms with Crippen LogP contribution in [0.4, 0.5) is 11.5 Å². The first-order valence-electron chi connectivity index (χ1n) is 7.81. The number of aromatic nitrogens is 1. The minimum Gasteiger partial charge on any atom is -0.323 e. The van der Waals surface area contributed by atoms with Crippen molar-refractivity contribution in [2.75, 3.05) is 32.1 Å². The molecule has 4 rings (SSSR count). The van der Waals surface area contributed by atoms with Crippen LogP contribution in [0.2, 0.25) is 0 Å². The van der Waals surface area contributed by atoms with Gasteiger partial charge >= 0.3 is 0 Å². The molecule has 2 aromatic carbocycles. The predicted octanol–water partition coefficient (Wildman–Crippen LogP) is 4.40. The van der Waals surface area contributed by atoms with Gasteiger partial charge in [-0.1, -0.05) is 42.1 Å². The summed E-state index contributed by atoms with van der Waals surface area (Å²) in [5.41, 5.74) is 1.27. The molecule has 1 aliphatic rings. The van der Waals surface area contributed by atoms with E-state index in [9.17, 15) is 0 Å². The largest absolute Gasteiger partial charge is 0.323 e. The normalized spacial score (nSPS) is 13.3. The van der Waals surface area contributed by atoms with E-state index in [0.717, 1.165) is 18.9 Å². The molecule has 3 aromatic rings. The summed E-state index contributed by atoms with van der Waals surface area (Å²) < 4.78 is 0. The molecule has 0 spiro atoms. The second-order valence-electron chi connectivity index (χ2n) is 6.02. The van der Waals surface area contributed by atoms with Crippen molar-refractivity contribution in [3.8, 4) is 0 Å². The van der Waals surface area contributed by atoms with E-state index >= 15 is 0 Å². The number of benzene rings is 2. The van der Waals surface area contributed by atoms with Crippen molar-refractivity contribution in [1.82, 2.24) is 9.88 Å². The summed E-state index contributed by atoms with van der Waals surface area (Å²) in [5.74, 6) is 1.07. The first-order valence-corrected chi connectivity index (χ1v) is 8.62. The molecule has 0 unspecified atom stereocenters. The van der Waals surface area contributed by atoms with Crippen LogP contribution in [-0.2, 0) is 0 Å². The summed E-state index contributed by atoms with van der Waals surface area (Å²) in [6.45, 7) is 1.93. The fourth-order valence-electron chi connectivity index (χ4n) is 2.97. The lowest BCUT2D eigenvalue weighted by molar-refractivity contribution is 0.418. The Morgan fingerprint density at radius 3 is 2.78 bits per heavy atom. The van der Waals surface area contributed by atoms with Gasteiger partial charge in [0.15, 0.2) is 0 Å². The number of hydrogen-bond donors (Lipinski definition) is 0. The first kappa shape index (κ1) is 14.5. The van der Waals surface area contributed by atoms with Gasteiger partial charge < -0.3 is 9.80 Å². The zero-order valence-corrected chi connectivity index (χ0v) is 14.2. The van der Waals surface area contributed by atoms with Crippen LogP contribution in [0, 0.1) is 0 Å². The van der Waals surface area contributed by atoms with Gasteiger partial charge in [-0.25, -0.2) is 4.98 Å². The molecule has 0 radical (unpaired) electrons. The predicted molar refractivity (Wildman–Crippen MR) is 97.9 cm³/mol. The molecular weight excluding hydrogens is 302 g/mol. The molecule has 3 nitrogen and oxygen atoms in total. The molecular formula is C19H19N3S. The van der Waals surface area contributed by atoms with E-state index in [1.54, 1.807) is 0 Å². The van der Waals surface area contributed by atoms with Crippen LogP contribution in [0.5, 0.6) is 0 Å². The van der Waals surface area contributed by atoms with E-state index in [2.05, 4.69) is 71.3 Å². The Morgan fingerprint density at radius 1 is 1.04 bits per heavy atom. The van der Waals surface area contributed by atoms with E-state index in [0.29, 0.717) is 0 Å². The van der Waals surface area contributed by atoms with Gasteiger partial charge in [-0.05, 0) is 43.1 Å². The summed E-state index contributed by atoms with van der Waals surface area (Å²) in [6, 6.07) is 17.2. The van der Waals surface area contributed by atoms with Crippen LogP contribution in [0.3, 0.4) is 0 Å². The third kappa shape index (κ3) is 2.58. The Morgan fingerprint density at radius 2 is 1.91 bits per heavy atom. The molecule has 1 aliphatic heterocycles. The van der Waals surface area contributed by atoms with Crippen molar-refractivity contribution in [1.29, 1.82) is 0 Å². The zero-order chi connectivity index (χ0) is 15.8. The lowest BCUT2D eigenvalue weighted by Crippen LogP contribution is -2.30. The van der Waals surface area contributed by atoms with Crippen molar-refractivity contribution in [2.45, 2.75) is 9.79 Å². The van der Waals surface area contributed by atoms with Crippen LogP contribution in [0.15, 0.2) is 64.5 Å². The molecule has 116 valence electrons. The Hall–Kier alpha value is -2.04. The topological polar surface area (TPSA) is 19.4 Å². The quantitative estimate of drug-likeness (QED) is 0.712. The molecule has 0 atom stereocenters. The minimum absolute atomic E-state index is 0.933. The Labute approximate surface area is 140 Å². The Balaban J connectivity index is 1.88. The third-order valence-electron chi connectivity index (χ3n) is 4.14. The molecule has 2 heterocycles. The van der Waals surface area contributed by atoms with Gasteiger partial charge in [0.05, 0.1) is 10.6 Å². The van der Waals surface area contributed by atoms with E-state index in [1.807, 2.05) is 24.0 Å². The van der Waals surface area contributed by atoms with Gasteiger partial charge in [0.1, 0.15) is 5.82 Å². The standard InChI is InChI=1S/C19H19N3S/c1-21(2)12-13-22-16-10-9-14-6-3-4-7-15(14)18(16)23-17-8-5-11-20-19(17)22/h3-11H,12-13H2,1-2H3. The van der Waals surface area contributed by atoms with Crippen molar-refractivity contribution in [3.05, 3.63) is 54.7 Å². The number of likely N-dealkylation sites (N-methyl/N-ethyl adjacent to an activating group) is 1. The van der Waals surface area contributed by atoms with E-state index in [-0.39, 0.29) is 0 Å². The van der Waals surface area contributed by atoms with Gasteiger partial charge in [-0.2, -0.15) is 0 Å². The monoisotopic (exact) mass is 321 g/mol. The average Bonchev–Trinajstić information content (AvgIpc) is 2.58. The van der Waals surface area contributed by atoms with Crippen LogP contribution in [0.1, 0.15) is 0 Å². The summed E-state index contributed by atoms with van der Waals surface area (Å²) in [7, 11) is 4.22. The average molecular weight is 321 g/mol. The highest BCUT2D eigenvalue weighted by molar-refractivity contribution is 8.00. The van der Waals surface area contributed by atoms with Crippen LogP contribution in [0.25, 0.3) is 10.8 Å². The first-order chi connectivity index (χ1) is 11.2. The number of hydrogen-bond acceptors (Lipinski definition) is 4. The van der Waals surface area contributed by atoms with Crippen molar-refractivity contribution in [2.24, 2.45) is 0 Å². The fraction of sp³-hybridized carbons (Fsp3) is 0.211. The number of rotatable bonds is 3. The van der Waals surface area contributed by atoms with E-state index in [1.165, 1.54) is 26.3 Å². The molecule has 0 aliphatic carbocycles. The van der Waals surface area contributed by atoms with Gasteiger partial charge in [0.2, 0.25) is 0 Å². The highest BCUT2D eigenvalue weighted by Gasteiger charge is 2.25. The second kappa shape index (κ2) is 5.87. The highest BCUT2D eigenvalue weighted by Crippen LogP contribution is 2.49. The summed E-state index contributed by atoms with van der Waals surface area (Å²) in [4.78, 5) is 11.8. The third-order valence-corrected chi connectivity index (χ3v) is 5.31. The summed E-state index contributed by atoms with van der Waals surface area (Å²) in [6.07, 6.45) is 1.88. The van der Waals surface area contributed by atoms with Crippen LogP contribution in [-0.4, -0.2) is 37.1 Å². The molecule has 4 heteroatoms. The SMILES string of the molecule is CN(C)CCN1c2ccc3ccccc3c2Sc2cccnc21. The molecule has 0 saturated carbocycles. The molecule has 0 amide bonds. The van der Waals surface area contributed by atoms with Gasteiger partial charge in [-0.3, -0.25) is 0 Å². The van der Waals surface area contributed by atoms with Crippen molar-refractivity contribution >= 4 is 34.0 Å². The lowest BCUT2D eigenvalue weighted by Gasteiger charge is -2.33. The fourth-order valence-corrected chi connectivity index (χ4v) is 4.17. The van der Waals surface area contributed by atoms with Gasteiger partial charge in [0.25, 0.3) is 0 Å². The van der Waals surface area contributed by atoms with Crippen LogP contribution < -0.4 is 4.90 Å². The molecule has 0 fully saturated rings. The maximum atomic E-state index is 4.64. The van der Waals surface area contributed by atoms with Gasteiger partial charge in [-0.15, -0.1) is 0 Å². The van der Waals surface area contributed by atoms with Crippen molar-refractivity contribution in [3.63, 3.8) is 0 Å². The van der Waals surface area contributed by atoms with Gasteiger partial charge in [0, 0.05) is 24.2 Å². The number of fused-ring (bicyclic) bond motifs is 4. The number of anilines is 2. The molecule has 0 bridgehead atoms. The number of nitrogens with zero attached hydrogens (tertiary/aromatic N) is 3. The zero-order valence-electron chi connectivity index (χ0n) is 13.4.